The van der Waals surface area contributed by atoms with E-state index in [-0.39, 0.29) is 12.1 Å². The number of hydrogen-bond donors (Lipinski definition) is 2. The lowest BCUT2D eigenvalue weighted by Crippen LogP contribution is -2.47. The molecule has 0 saturated carbocycles. The van der Waals surface area contributed by atoms with E-state index >= 15 is 0 Å². The Bertz CT molecular complexity index is 731. The third kappa shape index (κ3) is 4.70. The van der Waals surface area contributed by atoms with Crippen molar-refractivity contribution in [1.82, 2.24) is 15.6 Å². The highest BCUT2D eigenvalue weighted by molar-refractivity contribution is 5.74. The number of anilines is 1. The van der Waals surface area contributed by atoms with Crippen molar-refractivity contribution in [1.29, 1.82) is 5.26 Å². The highest BCUT2D eigenvalue weighted by Crippen LogP contribution is 2.17. The van der Waals surface area contributed by atoms with Crippen LogP contribution in [0.25, 0.3) is 0 Å². The highest BCUT2D eigenvalue weighted by atomic mass is 16.2. The van der Waals surface area contributed by atoms with Gasteiger partial charge in [-0.15, -0.1) is 0 Å². The number of pyridine rings is 1. The van der Waals surface area contributed by atoms with Crippen molar-refractivity contribution >= 4 is 11.8 Å². The summed E-state index contributed by atoms with van der Waals surface area (Å²) < 4.78 is 0. The van der Waals surface area contributed by atoms with Crippen LogP contribution in [-0.4, -0.2) is 30.1 Å². The molecule has 6 heteroatoms. The lowest BCUT2D eigenvalue weighted by Gasteiger charge is -2.33. The number of carbonyl (C=O) groups excluding carboxylic acids is 1. The molecule has 1 aliphatic heterocycles. The SMILES string of the molecule is N#Cc1ccc(CNC(=O)NC2CCN(c3ccccn3)CC2)cc1. The van der Waals surface area contributed by atoms with Gasteiger partial charge in [-0.05, 0) is 42.7 Å². The molecule has 3 rings (SSSR count). The minimum absolute atomic E-state index is 0.152. The van der Waals surface area contributed by atoms with E-state index in [9.17, 15) is 4.79 Å². The number of piperidine rings is 1. The van der Waals surface area contributed by atoms with E-state index in [0.29, 0.717) is 12.1 Å². The van der Waals surface area contributed by atoms with Crippen LogP contribution in [0.4, 0.5) is 10.6 Å². The van der Waals surface area contributed by atoms with Gasteiger partial charge in [-0.25, -0.2) is 9.78 Å². The minimum Gasteiger partial charge on any atom is -0.356 e. The first-order valence-electron chi connectivity index (χ1n) is 8.44. The van der Waals surface area contributed by atoms with E-state index in [1.54, 1.807) is 18.3 Å². The molecule has 2 aromatic rings. The molecule has 1 fully saturated rings. The summed E-state index contributed by atoms with van der Waals surface area (Å²) in [5, 5.41) is 14.7. The maximum atomic E-state index is 12.1. The number of nitriles is 1. The molecule has 0 radical (unpaired) electrons. The molecule has 0 atom stereocenters. The Morgan fingerprint density at radius 3 is 2.60 bits per heavy atom. The number of urea groups is 1. The molecule has 0 spiro atoms. The number of amides is 2. The van der Waals surface area contributed by atoms with E-state index in [1.165, 1.54) is 0 Å². The number of hydrogen-bond acceptors (Lipinski definition) is 4. The Hall–Kier alpha value is -3.07. The number of rotatable bonds is 4. The molecule has 2 amide bonds. The van der Waals surface area contributed by atoms with E-state index in [4.69, 9.17) is 5.26 Å². The summed E-state index contributed by atoms with van der Waals surface area (Å²) in [7, 11) is 0. The standard InChI is InChI=1S/C19H21N5O/c20-13-15-4-6-16(7-5-15)14-22-19(25)23-17-8-11-24(12-9-17)18-3-1-2-10-21-18/h1-7,10,17H,8-9,11-12,14H2,(H2,22,23,25). The zero-order valence-corrected chi connectivity index (χ0v) is 14.0. The average molecular weight is 335 g/mol. The first-order valence-corrected chi connectivity index (χ1v) is 8.44. The van der Waals surface area contributed by atoms with Gasteiger partial charge in [-0.3, -0.25) is 0 Å². The van der Waals surface area contributed by atoms with Crippen LogP contribution in [0.3, 0.4) is 0 Å². The van der Waals surface area contributed by atoms with Crippen molar-refractivity contribution in [2.24, 2.45) is 0 Å². The summed E-state index contributed by atoms with van der Waals surface area (Å²) in [5.74, 6) is 0.992. The van der Waals surface area contributed by atoms with Gasteiger partial charge in [0.15, 0.2) is 0 Å². The van der Waals surface area contributed by atoms with E-state index in [2.05, 4.69) is 26.6 Å². The number of nitrogens with zero attached hydrogens (tertiary/aromatic N) is 3. The second-order valence-corrected chi connectivity index (χ2v) is 6.09. The number of aromatic nitrogens is 1. The Balaban J connectivity index is 1.41. The van der Waals surface area contributed by atoms with Gasteiger partial charge in [0.05, 0.1) is 11.6 Å². The fourth-order valence-corrected chi connectivity index (χ4v) is 2.91. The summed E-state index contributed by atoms with van der Waals surface area (Å²) in [4.78, 5) is 18.7. The Kier molecular flexibility index (Phi) is 5.47. The maximum Gasteiger partial charge on any atom is 0.315 e. The van der Waals surface area contributed by atoms with Crippen LogP contribution in [0.15, 0.2) is 48.7 Å². The van der Waals surface area contributed by atoms with Crippen LogP contribution in [0.5, 0.6) is 0 Å². The first-order chi connectivity index (χ1) is 12.2. The van der Waals surface area contributed by atoms with Crippen LogP contribution in [-0.2, 0) is 6.54 Å². The molecule has 1 aliphatic rings. The molecule has 1 saturated heterocycles. The van der Waals surface area contributed by atoms with Crippen molar-refractivity contribution in [2.45, 2.75) is 25.4 Å². The predicted molar refractivity (Wildman–Crippen MR) is 96.0 cm³/mol. The molecule has 1 aromatic heterocycles. The van der Waals surface area contributed by atoms with Gasteiger partial charge in [-0.2, -0.15) is 5.26 Å². The lowest BCUT2D eigenvalue weighted by molar-refractivity contribution is 0.234. The molecule has 6 nitrogen and oxygen atoms in total. The number of nitrogens with one attached hydrogen (secondary N) is 2. The zero-order valence-electron chi connectivity index (χ0n) is 14.0. The smallest absolute Gasteiger partial charge is 0.315 e. The molecular formula is C19H21N5O. The van der Waals surface area contributed by atoms with Gasteiger partial charge in [0.2, 0.25) is 0 Å². The molecule has 25 heavy (non-hydrogen) atoms. The molecule has 0 bridgehead atoms. The Morgan fingerprint density at radius 1 is 1.20 bits per heavy atom. The van der Waals surface area contributed by atoms with Crippen molar-refractivity contribution < 1.29 is 4.79 Å². The van der Waals surface area contributed by atoms with E-state index in [0.717, 1.165) is 37.3 Å². The van der Waals surface area contributed by atoms with Crippen LogP contribution in [0, 0.1) is 11.3 Å². The summed E-state index contributed by atoms with van der Waals surface area (Å²) in [6, 6.07) is 15.2. The van der Waals surface area contributed by atoms with Crippen LogP contribution < -0.4 is 15.5 Å². The second kappa shape index (κ2) is 8.15. The summed E-state index contributed by atoms with van der Waals surface area (Å²) in [6.45, 7) is 2.22. The summed E-state index contributed by atoms with van der Waals surface area (Å²) in [6.07, 6.45) is 3.61. The second-order valence-electron chi connectivity index (χ2n) is 6.09. The molecule has 1 aromatic carbocycles. The Labute approximate surface area is 147 Å². The fourth-order valence-electron chi connectivity index (χ4n) is 2.91. The molecule has 128 valence electrons. The molecule has 2 N–H and O–H groups in total. The topological polar surface area (TPSA) is 81.0 Å². The third-order valence-electron chi connectivity index (χ3n) is 4.34. The minimum atomic E-state index is -0.152. The van der Waals surface area contributed by atoms with E-state index in [1.807, 2.05) is 30.3 Å². The summed E-state index contributed by atoms with van der Waals surface area (Å²) >= 11 is 0. The molecule has 0 unspecified atom stereocenters. The van der Waals surface area contributed by atoms with Gasteiger partial charge >= 0.3 is 6.03 Å². The van der Waals surface area contributed by atoms with Crippen molar-refractivity contribution in [3.8, 4) is 6.07 Å². The molecular weight excluding hydrogens is 314 g/mol. The highest BCUT2D eigenvalue weighted by Gasteiger charge is 2.21. The van der Waals surface area contributed by atoms with Gasteiger partial charge in [0, 0.05) is 31.9 Å². The van der Waals surface area contributed by atoms with Gasteiger partial charge < -0.3 is 15.5 Å². The predicted octanol–water partition coefficient (Wildman–Crippen LogP) is 2.42. The normalized spacial score (nSPS) is 14.6. The van der Waals surface area contributed by atoms with Gasteiger partial charge in [0.1, 0.15) is 5.82 Å². The quantitative estimate of drug-likeness (QED) is 0.899. The van der Waals surface area contributed by atoms with Crippen LogP contribution in [0.1, 0.15) is 24.0 Å². The van der Waals surface area contributed by atoms with Crippen LogP contribution in [0.2, 0.25) is 0 Å². The monoisotopic (exact) mass is 335 g/mol. The molecule has 0 aliphatic carbocycles. The number of benzene rings is 1. The Morgan fingerprint density at radius 2 is 1.96 bits per heavy atom. The first kappa shape index (κ1) is 16.8. The molecule has 2 heterocycles. The number of carbonyl (C=O) groups is 1. The van der Waals surface area contributed by atoms with Gasteiger partial charge in [0.25, 0.3) is 0 Å². The van der Waals surface area contributed by atoms with E-state index < -0.39 is 0 Å². The summed E-state index contributed by atoms with van der Waals surface area (Å²) in [5.41, 5.74) is 1.59. The van der Waals surface area contributed by atoms with Crippen LogP contribution >= 0.6 is 0 Å². The lowest BCUT2D eigenvalue weighted by atomic mass is 10.1. The fraction of sp³-hybridized carbons (Fsp3) is 0.316. The van der Waals surface area contributed by atoms with Crippen molar-refractivity contribution in [3.63, 3.8) is 0 Å². The average Bonchev–Trinajstić information content (AvgIpc) is 2.68. The third-order valence-corrected chi connectivity index (χ3v) is 4.34. The van der Waals surface area contributed by atoms with Crippen molar-refractivity contribution in [3.05, 3.63) is 59.8 Å². The van der Waals surface area contributed by atoms with Crippen molar-refractivity contribution in [2.75, 3.05) is 18.0 Å². The zero-order chi connectivity index (χ0) is 17.5. The largest absolute Gasteiger partial charge is 0.356 e. The van der Waals surface area contributed by atoms with Gasteiger partial charge in [-0.1, -0.05) is 18.2 Å². The maximum absolute atomic E-state index is 12.1.